The second-order valence-corrected chi connectivity index (χ2v) is 5.47. The van der Waals surface area contributed by atoms with Gasteiger partial charge in [-0.05, 0) is 25.2 Å². The number of aliphatic hydroxyl groups is 2. The zero-order valence-corrected chi connectivity index (χ0v) is 10.7. The molecule has 1 aliphatic rings. The lowest BCUT2D eigenvalue weighted by molar-refractivity contribution is -0.214. The molecule has 1 rings (SSSR count). The molecule has 0 amide bonds. The van der Waals surface area contributed by atoms with Crippen LogP contribution in [0.1, 0.15) is 33.6 Å². The van der Waals surface area contributed by atoms with Gasteiger partial charge in [0.2, 0.25) is 0 Å². The number of hydrogen-bond acceptors (Lipinski definition) is 4. The first-order valence-corrected chi connectivity index (χ1v) is 5.80. The molecule has 0 aliphatic heterocycles. The summed E-state index contributed by atoms with van der Waals surface area (Å²) in [6.45, 7) is 6.18. The summed E-state index contributed by atoms with van der Waals surface area (Å²) in [4.78, 5) is 0. The van der Waals surface area contributed by atoms with Crippen LogP contribution in [-0.2, 0) is 9.47 Å². The van der Waals surface area contributed by atoms with Crippen LogP contribution in [0.4, 0.5) is 0 Å². The lowest BCUT2D eigenvalue weighted by Gasteiger charge is -2.51. The molecule has 4 nitrogen and oxygen atoms in total. The molecule has 0 heterocycles. The van der Waals surface area contributed by atoms with Gasteiger partial charge in [-0.25, -0.2) is 0 Å². The van der Waals surface area contributed by atoms with Gasteiger partial charge in [-0.2, -0.15) is 0 Å². The van der Waals surface area contributed by atoms with E-state index < -0.39 is 5.60 Å². The highest BCUT2D eigenvalue weighted by Gasteiger charge is 2.51. The summed E-state index contributed by atoms with van der Waals surface area (Å²) in [6, 6.07) is 0. The van der Waals surface area contributed by atoms with E-state index in [4.69, 9.17) is 9.47 Å². The predicted molar refractivity (Wildman–Crippen MR) is 61.0 cm³/mol. The molecule has 4 heteroatoms. The summed E-state index contributed by atoms with van der Waals surface area (Å²) in [5, 5.41) is 19.5. The number of hydrogen-bond donors (Lipinski definition) is 2. The molecular formula is C12H24O4. The Labute approximate surface area is 97.6 Å². The Morgan fingerprint density at radius 2 is 1.94 bits per heavy atom. The highest BCUT2D eigenvalue weighted by atomic mass is 16.7. The van der Waals surface area contributed by atoms with Crippen LogP contribution in [0.25, 0.3) is 0 Å². The van der Waals surface area contributed by atoms with Gasteiger partial charge in [0.15, 0.2) is 0 Å². The summed E-state index contributed by atoms with van der Waals surface area (Å²) in [7, 11) is 1.58. The van der Waals surface area contributed by atoms with Gasteiger partial charge in [0.1, 0.15) is 6.79 Å². The fourth-order valence-electron chi connectivity index (χ4n) is 2.78. The summed E-state index contributed by atoms with van der Waals surface area (Å²) in [6.07, 6.45) is 1.06. The smallest absolute Gasteiger partial charge is 0.147 e. The van der Waals surface area contributed by atoms with Gasteiger partial charge < -0.3 is 19.7 Å². The van der Waals surface area contributed by atoms with Crippen LogP contribution in [0.2, 0.25) is 0 Å². The SMILES string of the molecule is COCO[C@]1(C)CC[C@@H](O)C(C)(C)[C@H]1CO. The number of methoxy groups -OCH3 is 1. The number of ether oxygens (including phenoxy) is 2. The molecule has 1 aliphatic carbocycles. The maximum atomic E-state index is 10.00. The molecule has 3 atom stereocenters. The monoisotopic (exact) mass is 232 g/mol. The van der Waals surface area contributed by atoms with Crippen molar-refractivity contribution in [2.45, 2.75) is 45.3 Å². The maximum absolute atomic E-state index is 10.00. The van der Waals surface area contributed by atoms with Gasteiger partial charge in [-0.15, -0.1) is 0 Å². The molecule has 0 spiro atoms. The Morgan fingerprint density at radius 1 is 1.31 bits per heavy atom. The van der Waals surface area contributed by atoms with Gasteiger partial charge >= 0.3 is 0 Å². The molecule has 96 valence electrons. The van der Waals surface area contributed by atoms with E-state index in [0.29, 0.717) is 6.42 Å². The third-order valence-electron chi connectivity index (χ3n) is 4.10. The van der Waals surface area contributed by atoms with Crippen LogP contribution in [0.15, 0.2) is 0 Å². The van der Waals surface area contributed by atoms with Gasteiger partial charge in [-0.3, -0.25) is 0 Å². The van der Waals surface area contributed by atoms with E-state index in [1.54, 1.807) is 7.11 Å². The van der Waals surface area contributed by atoms with Crippen molar-refractivity contribution in [2.75, 3.05) is 20.5 Å². The Kier molecular flexibility index (Phi) is 4.35. The highest BCUT2D eigenvalue weighted by Crippen LogP contribution is 2.47. The van der Waals surface area contributed by atoms with Crippen LogP contribution in [0.5, 0.6) is 0 Å². The molecule has 0 saturated heterocycles. The second kappa shape index (κ2) is 5.00. The maximum Gasteiger partial charge on any atom is 0.147 e. The highest BCUT2D eigenvalue weighted by molar-refractivity contribution is 5.00. The van der Waals surface area contributed by atoms with Crippen molar-refractivity contribution in [2.24, 2.45) is 11.3 Å². The molecule has 1 saturated carbocycles. The minimum absolute atomic E-state index is 0.0181. The van der Waals surface area contributed by atoms with E-state index >= 15 is 0 Å². The zero-order valence-electron chi connectivity index (χ0n) is 10.7. The first-order valence-electron chi connectivity index (χ1n) is 5.80. The third kappa shape index (κ3) is 2.40. The van der Waals surface area contributed by atoms with Gasteiger partial charge in [0, 0.05) is 19.6 Å². The van der Waals surface area contributed by atoms with E-state index in [9.17, 15) is 10.2 Å². The second-order valence-electron chi connectivity index (χ2n) is 5.47. The van der Waals surface area contributed by atoms with Crippen LogP contribution in [0.3, 0.4) is 0 Å². The molecule has 0 aromatic carbocycles. The van der Waals surface area contributed by atoms with E-state index in [2.05, 4.69) is 0 Å². The first kappa shape index (κ1) is 13.9. The molecule has 0 bridgehead atoms. The van der Waals surface area contributed by atoms with E-state index in [1.807, 2.05) is 20.8 Å². The van der Waals surface area contributed by atoms with Gasteiger partial charge in [-0.1, -0.05) is 13.8 Å². The van der Waals surface area contributed by atoms with Crippen LogP contribution < -0.4 is 0 Å². The molecule has 0 aromatic heterocycles. The standard InChI is InChI=1S/C12H24O4/c1-11(2)9(7-13)12(3,16-8-15-4)6-5-10(11)14/h9-10,13-14H,5-8H2,1-4H3/t9-,10-,12-/m1/s1. The van der Waals surface area contributed by atoms with Crippen molar-refractivity contribution in [3.8, 4) is 0 Å². The van der Waals surface area contributed by atoms with Crippen LogP contribution >= 0.6 is 0 Å². The average Bonchev–Trinajstić information content (AvgIpc) is 2.22. The largest absolute Gasteiger partial charge is 0.396 e. The minimum atomic E-state index is -0.423. The van der Waals surface area contributed by atoms with Gasteiger partial charge in [0.05, 0.1) is 11.7 Å². The Hall–Kier alpha value is -0.160. The topological polar surface area (TPSA) is 58.9 Å². The van der Waals surface area contributed by atoms with Gasteiger partial charge in [0.25, 0.3) is 0 Å². The molecule has 0 unspecified atom stereocenters. The van der Waals surface area contributed by atoms with Crippen molar-refractivity contribution >= 4 is 0 Å². The average molecular weight is 232 g/mol. The van der Waals surface area contributed by atoms with E-state index in [-0.39, 0.29) is 30.8 Å². The third-order valence-corrected chi connectivity index (χ3v) is 4.10. The summed E-state index contributed by atoms with van der Waals surface area (Å²) >= 11 is 0. The molecule has 1 fully saturated rings. The normalized spacial score (nSPS) is 38.6. The molecular weight excluding hydrogens is 208 g/mol. The number of rotatable bonds is 4. The van der Waals surface area contributed by atoms with Crippen molar-refractivity contribution in [1.82, 2.24) is 0 Å². The first-order chi connectivity index (χ1) is 7.38. The lowest BCUT2D eigenvalue weighted by atomic mass is 9.60. The molecule has 0 radical (unpaired) electrons. The molecule has 0 aromatic rings. The lowest BCUT2D eigenvalue weighted by Crippen LogP contribution is -2.56. The zero-order chi connectivity index (χ0) is 12.4. The summed E-state index contributed by atoms with van der Waals surface area (Å²) < 4.78 is 10.6. The minimum Gasteiger partial charge on any atom is -0.396 e. The van der Waals surface area contributed by atoms with Crippen molar-refractivity contribution in [1.29, 1.82) is 0 Å². The number of aliphatic hydroxyl groups excluding tert-OH is 2. The van der Waals surface area contributed by atoms with E-state index in [0.717, 1.165) is 6.42 Å². The van der Waals surface area contributed by atoms with Crippen molar-refractivity contribution < 1.29 is 19.7 Å². The summed E-state index contributed by atoms with van der Waals surface area (Å²) in [5.41, 5.74) is -0.761. The Bertz CT molecular complexity index is 225. The van der Waals surface area contributed by atoms with Crippen molar-refractivity contribution in [3.05, 3.63) is 0 Å². The fourth-order valence-corrected chi connectivity index (χ4v) is 2.78. The predicted octanol–water partition coefficient (Wildman–Crippen LogP) is 1.16. The molecule has 2 N–H and O–H groups in total. The van der Waals surface area contributed by atoms with E-state index in [1.165, 1.54) is 0 Å². The molecule has 16 heavy (non-hydrogen) atoms. The fraction of sp³-hybridized carbons (Fsp3) is 1.00. The van der Waals surface area contributed by atoms with Crippen LogP contribution in [0, 0.1) is 11.3 Å². The van der Waals surface area contributed by atoms with Crippen LogP contribution in [-0.4, -0.2) is 42.4 Å². The Balaban J connectivity index is 2.85. The summed E-state index contributed by atoms with van der Waals surface area (Å²) in [5.74, 6) is -0.0844. The Morgan fingerprint density at radius 3 is 2.44 bits per heavy atom. The van der Waals surface area contributed by atoms with Crippen molar-refractivity contribution in [3.63, 3.8) is 0 Å². The quantitative estimate of drug-likeness (QED) is 0.714.